The van der Waals surface area contributed by atoms with Crippen LogP contribution in [0.5, 0.6) is 0 Å². The normalized spacial score (nSPS) is 21.5. The van der Waals surface area contributed by atoms with Crippen LogP contribution < -0.4 is 3.80 Å². The van der Waals surface area contributed by atoms with Crippen molar-refractivity contribution in [3.05, 3.63) is 0 Å². The van der Waals surface area contributed by atoms with Crippen molar-refractivity contribution in [1.82, 2.24) is 3.80 Å². The molecule has 1 fully saturated rings. The van der Waals surface area contributed by atoms with Crippen LogP contribution in [0, 0.1) is 0 Å². The van der Waals surface area contributed by atoms with Crippen LogP contribution in [0.3, 0.4) is 0 Å². The molecule has 1 nitrogen and oxygen atoms in total. The summed E-state index contributed by atoms with van der Waals surface area (Å²) >= 11 is -0.767. The Bertz CT molecular complexity index is 106. The van der Waals surface area contributed by atoms with Gasteiger partial charge in [-0.1, -0.05) is 0 Å². The molecule has 0 bridgehead atoms. The predicted molar refractivity (Wildman–Crippen MR) is 51.0 cm³/mol. The molecule has 0 radical (unpaired) electrons. The molecule has 1 aliphatic carbocycles. The third-order valence-electron chi connectivity index (χ3n) is 2.60. The van der Waals surface area contributed by atoms with Crippen LogP contribution >= 0.6 is 0 Å². The Morgan fingerprint density at radius 1 is 0.917 bits per heavy atom. The Morgan fingerprint density at radius 3 is 1.92 bits per heavy atom. The molecule has 0 aromatic heterocycles. The van der Waals surface area contributed by atoms with E-state index in [4.69, 9.17) is 0 Å². The molecule has 0 atom stereocenters. The van der Waals surface area contributed by atoms with Gasteiger partial charge in [0.1, 0.15) is 0 Å². The monoisotopic (exact) mass is 204 g/mol. The first kappa shape index (κ1) is 10.8. The average molecular weight is 204 g/mol. The zero-order valence-electron chi connectivity index (χ0n) is 8.53. The average Bonchev–Trinajstić information content (AvgIpc) is 1.93. The summed E-state index contributed by atoms with van der Waals surface area (Å²) in [5, 5.41) is 4.83. The van der Waals surface area contributed by atoms with Crippen molar-refractivity contribution in [2.45, 2.75) is 61.4 Å². The summed E-state index contributed by atoms with van der Waals surface area (Å²) < 4.78 is 3.82. The molecule has 1 rings (SSSR count). The van der Waals surface area contributed by atoms with E-state index in [1.54, 1.807) is 0 Å². The molecule has 0 amide bonds. The molecule has 0 aromatic carbocycles. The Balaban J connectivity index is 2.20. The molecule has 1 N–H and O–H groups in total. The molecule has 71 valence electrons. The first-order chi connectivity index (χ1) is 5.79. The van der Waals surface area contributed by atoms with Gasteiger partial charge >= 0.3 is 83.4 Å². The quantitative estimate of drug-likeness (QED) is 0.680. The van der Waals surface area contributed by atoms with Gasteiger partial charge in [-0.25, -0.2) is 0 Å². The summed E-state index contributed by atoms with van der Waals surface area (Å²) in [6.45, 7) is 0. The van der Waals surface area contributed by atoms with Crippen LogP contribution in [-0.2, 0) is 18.1 Å². The molecule has 0 saturated heterocycles. The molecule has 1 saturated carbocycles. The second-order valence-corrected chi connectivity index (χ2v) is 7.76. The van der Waals surface area contributed by atoms with Gasteiger partial charge in [0.2, 0.25) is 0 Å². The first-order valence-electron chi connectivity index (χ1n) is 5.36. The minimum atomic E-state index is -0.767. The van der Waals surface area contributed by atoms with Crippen LogP contribution in [-0.4, -0.2) is 6.04 Å². The summed E-state index contributed by atoms with van der Waals surface area (Å²) in [6.07, 6.45) is 10.2. The zero-order valence-corrected chi connectivity index (χ0v) is 10.1. The van der Waals surface area contributed by atoms with Crippen molar-refractivity contribution < 1.29 is 18.1 Å². The van der Waals surface area contributed by atoms with Crippen molar-refractivity contribution in [3.8, 4) is 0 Å². The van der Waals surface area contributed by atoms with E-state index in [2.05, 4.69) is 14.3 Å². The summed E-state index contributed by atoms with van der Waals surface area (Å²) in [5.41, 5.74) is 0. The van der Waals surface area contributed by atoms with Gasteiger partial charge in [0.15, 0.2) is 0 Å². The van der Waals surface area contributed by atoms with Crippen molar-refractivity contribution in [2.24, 2.45) is 0 Å². The van der Waals surface area contributed by atoms with E-state index < -0.39 is 18.1 Å². The van der Waals surface area contributed by atoms with Gasteiger partial charge in [-0.2, -0.15) is 0 Å². The molecule has 12 heavy (non-hydrogen) atoms. The van der Waals surface area contributed by atoms with Gasteiger partial charge in [0.05, 0.1) is 0 Å². The number of hydrogen-bond acceptors (Lipinski definition) is 1. The van der Waals surface area contributed by atoms with Crippen LogP contribution in [0.4, 0.5) is 0 Å². The van der Waals surface area contributed by atoms with Crippen molar-refractivity contribution in [3.63, 3.8) is 0 Å². The number of nitrogens with one attached hydrogen (secondary N) is 1. The van der Waals surface area contributed by atoms with E-state index in [1.165, 1.54) is 44.9 Å². The molecule has 0 spiro atoms. The fourth-order valence-electron chi connectivity index (χ4n) is 2.01. The minimum absolute atomic E-state index is 0.767. The van der Waals surface area contributed by atoms with E-state index >= 15 is 0 Å². The van der Waals surface area contributed by atoms with Gasteiger partial charge in [0.25, 0.3) is 0 Å². The third-order valence-corrected chi connectivity index (χ3v) is 4.14. The van der Waals surface area contributed by atoms with Gasteiger partial charge in [-0.3, -0.25) is 0 Å². The maximum atomic E-state index is 3.82. The third kappa shape index (κ3) is 4.64. The van der Waals surface area contributed by atoms with E-state index in [9.17, 15) is 0 Å². The number of hydrogen-bond donors (Lipinski definition) is 1. The van der Waals surface area contributed by atoms with Crippen LogP contribution in [0.2, 0.25) is 10.5 Å². The molecule has 0 aromatic rings. The first-order valence-corrected chi connectivity index (χ1v) is 9.26. The second-order valence-electron chi connectivity index (χ2n) is 4.19. The van der Waals surface area contributed by atoms with E-state index in [-0.39, 0.29) is 0 Å². The van der Waals surface area contributed by atoms with Gasteiger partial charge in [0, 0.05) is 0 Å². The maximum absolute atomic E-state index is 3.82. The summed E-state index contributed by atoms with van der Waals surface area (Å²) in [6, 6.07) is 0.885. The molecule has 0 aliphatic heterocycles. The van der Waals surface area contributed by atoms with Crippen LogP contribution in [0.15, 0.2) is 0 Å². The molecular formula is C10H22NTi. The SMILES string of the molecule is [CH3][Ti]([CH3])[NH]C1CCCCCCC1. The van der Waals surface area contributed by atoms with Gasteiger partial charge < -0.3 is 0 Å². The van der Waals surface area contributed by atoms with Crippen LogP contribution in [0.1, 0.15) is 44.9 Å². The van der Waals surface area contributed by atoms with E-state index in [0.717, 1.165) is 6.04 Å². The fourth-order valence-corrected chi connectivity index (χ4v) is 3.73. The van der Waals surface area contributed by atoms with Crippen LogP contribution in [0.25, 0.3) is 0 Å². The topological polar surface area (TPSA) is 12.0 Å². The Kier molecular flexibility index (Phi) is 5.54. The van der Waals surface area contributed by atoms with E-state index in [0.29, 0.717) is 0 Å². The number of rotatable bonds is 2. The van der Waals surface area contributed by atoms with Crippen molar-refractivity contribution in [2.75, 3.05) is 0 Å². The molecule has 0 heterocycles. The predicted octanol–water partition coefficient (Wildman–Crippen LogP) is 3.32. The molecular weight excluding hydrogens is 182 g/mol. The van der Waals surface area contributed by atoms with Crippen molar-refractivity contribution in [1.29, 1.82) is 0 Å². The Hall–Kier alpha value is 0.674. The fraction of sp³-hybridized carbons (Fsp3) is 1.00. The summed E-state index contributed by atoms with van der Waals surface area (Å²) in [7, 11) is 0. The second kappa shape index (κ2) is 6.18. The molecule has 1 aliphatic rings. The van der Waals surface area contributed by atoms with Gasteiger partial charge in [-0.15, -0.1) is 0 Å². The summed E-state index contributed by atoms with van der Waals surface area (Å²) in [5.74, 6) is 0. The Morgan fingerprint density at radius 2 is 1.42 bits per heavy atom. The summed E-state index contributed by atoms with van der Waals surface area (Å²) in [4.78, 5) is 0. The van der Waals surface area contributed by atoms with E-state index in [1.807, 2.05) is 0 Å². The Labute approximate surface area is 83.5 Å². The van der Waals surface area contributed by atoms with Crippen molar-refractivity contribution >= 4 is 0 Å². The zero-order chi connectivity index (χ0) is 8.81. The van der Waals surface area contributed by atoms with Gasteiger partial charge in [-0.05, 0) is 0 Å². The standard InChI is InChI=1S/C8H16N.2CH3.Ti/c9-8-6-4-2-1-3-5-7-8;;;/h8-9H,1-7H2;2*1H3;/q-1;;;+1. The molecule has 0 unspecified atom stereocenters. The molecule has 2 heteroatoms.